The van der Waals surface area contributed by atoms with E-state index in [0.717, 1.165) is 11.3 Å². The lowest BCUT2D eigenvalue weighted by Crippen LogP contribution is -2.28. The number of ether oxygens (including phenoxy) is 3. The zero-order valence-corrected chi connectivity index (χ0v) is 14.1. The van der Waals surface area contributed by atoms with Gasteiger partial charge in [0.15, 0.2) is 11.5 Å². The number of rotatable bonds is 6. The van der Waals surface area contributed by atoms with Crippen LogP contribution < -0.4 is 18.9 Å². The van der Waals surface area contributed by atoms with Gasteiger partial charge in [0.25, 0.3) is 0 Å². The number of para-hydroxylation sites is 1. The average Bonchev–Trinajstić information content (AvgIpc) is 2.59. The molecule has 6 nitrogen and oxygen atoms in total. The molecule has 128 valence electrons. The molecule has 24 heavy (non-hydrogen) atoms. The second-order valence-corrected chi connectivity index (χ2v) is 7.08. The third kappa shape index (κ3) is 3.80. The Balaban J connectivity index is 1.59. The Morgan fingerprint density at radius 1 is 1.08 bits per heavy atom. The molecular weight excluding hydrogens is 330 g/mol. The van der Waals surface area contributed by atoms with Gasteiger partial charge in [-0.25, -0.2) is 13.1 Å². The molecule has 1 N–H and O–H groups in total. The van der Waals surface area contributed by atoms with Crippen LogP contribution in [0.4, 0.5) is 0 Å². The molecule has 1 aliphatic heterocycles. The molecule has 3 rings (SSSR count). The fourth-order valence-corrected chi connectivity index (χ4v) is 3.36. The van der Waals surface area contributed by atoms with Crippen molar-refractivity contribution in [2.45, 2.75) is 11.8 Å². The van der Waals surface area contributed by atoms with Gasteiger partial charge >= 0.3 is 0 Å². The summed E-state index contributed by atoms with van der Waals surface area (Å²) in [4.78, 5) is 0.141. The molecule has 2 aromatic carbocycles. The maximum absolute atomic E-state index is 12.3. The summed E-state index contributed by atoms with van der Waals surface area (Å²) in [5, 5.41) is 0. The van der Waals surface area contributed by atoms with E-state index >= 15 is 0 Å². The third-order valence-corrected chi connectivity index (χ3v) is 5.03. The van der Waals surface area contributed by atoms with E-state index in [1.807, 2.05) is 31.2 Å². The fourth-order valence-electron chi connectivity index (χ4n) is 2.33. The van der Waals surface area contributed by atoms with Crippen LogP contribution in [0.25, 0.3) is 0 Å². The van der Waals surface area contributed by atoms with E-state index < -0.39 is 10.0 Å². The first-order valence-corrected chi connectivity index (χ1v) is 9.12. The minimum atomic E-state index is -3.62. The lowest BCUT2D eigenvalue weighted by Gasteiger charge is -2.19. The van der Waals surface area contributed by atoms with Crippen LogP contribution in [0, 0.1) is 6.92 Å². The quantitative estimate of drug-likeness (QED) is 0.809. The fraction of sp³-hybridized carbons (Fsp3) is 0.294. The van der Waals surface area contributed by atoms with E-state index in [0.29, 0.717) is 24.7 Å². The number of hydrogen-bond acceptors (Lipinski definition) is 5. The minimum Gasteiger partial charge on any atom is -0.492 e. The Labute approximate surface area is 141 Å². The predicted molar refractivity (Wildman–Crippen MR) is 89.3 cm³/mol. The largest absolute Gasteiger partial charge is 0.492 e. The molecule has 2 aromatic rings. The number of nitrogens with one attached hydrogen (secondary N) is 1. The maximum Gasteiger partial charge on any atom is 0.240 e. The van der Waals surface area contributed by atoms with Gasteiger partial charge in [0, 0.05) is 12.6 Å². The molecule has 7 heteroatoms. The number of fused-ring (bicyclic) bond motifs is 1. The van der Waals surface area contributed by atoms with E-state index in [1.54, 1.807) is 6.07 Å². The van der Waals surface area contributed by atoms with Crippen molar-refractivity contribution >= 4 is 10.0 Å². The Morgan fingerprint density at radius 3 is 2.62 bits per heavy atom. The van der Waals surface area contributed by atoms with Crippen LogP contribution in [0.3, 0.4) is 0 Å². The van der Waals surface area contributed by atoms with Crippen molar-refractivity contribution in [1.82, 2.24) is 4.72 Å². The molecule has 0 spiro atoms. The molecule has 0 fully saturated rings. The van der Waals surface area contributed by atoms with Gasteiger partial charge in [0.1, 0.15) is 25.6 Å². The van der Waals surface area contributed by atoms with Crippen molar-refractivity contribution in [3.8, 4) is 17.2 Å². The summed E-state index contributed by atoms with van der Waals surface area (Å²) < 4.78 is 43.6. The summed E-state index contributed by atoms with van der Waals surface area (Å²) in [6, 6.07) is 12.2. The van der Waals surface area contributed by atoms with Crippen molar-refractivity contribution in [3.05, 3.63) is 48.0 Å². The lowest BCUT2D eigenvalue weighted by atomic mass is 10.2. The van der Waals surface area contributed by atoms with Crippen molar-refractivity contribution < 1.29 is 22.6 Å². The molecule has 0 aliphatic carbocycles. The highest BCUT2D eigenvalue weighted by atomic mass is 32.2. The molecule has 0 atom stereocenters. The smallest absolute Gasteiger partial charge is 0.240 e. The van der Waals surface area contributed by atoms with E-state index in [9.17, 15) is 8.42 Å². The minimum absolute atomic E-state index is 0.141. The maximum atomic E-state index is 12.3. The normalized spacial score (nSPS) is 13.5. The molecule has 0 unspecified atom stereocenters. The van der Waals surface area contributed by atoms with Crippen LogP contribution in [-0.4, -0.2) is 34.8 Å². The summed E-state index contributed by atoms with van der Waals surface area (Å²) >= 11 is 0. The zero-order valence-electron chi connectivity index (χ0n) is 13.3. The molecule has 0 amide bonds. The summed E-state index contributed by atoms with van der Waals surface area (Å²) in [7, 11) is -3.62. The highest BCUT2D eigenvalue weighted by Gasteiger charge is 2.19. The van der Waals surface area contributed by atoms with Crippen LogP contribution in [-0.2, 0) is 10.0 Å². The molecular formula is C17H19NO5S. The van der Waals surface area contributed by atoms with Crippen LogP contribution in [0.1, 0.15) is 5.56 Å². The molecule has 0 radical (unpaired) electrons. The summed E-state index contributed by atoms with van der Waals surface area (Å²) in [6.45, 7) is 3.23. The first kappa shape index (κ1) is 16.6. The van der Waals surface area contributed by atoms with E-state index in [1.165, 1.54) is 12.1 Å². The highest BCUT2D eigenvalue weighted by molar-refractivity contribution is 7.89. The van der Waals surface area contributed by atoms with Gasteiger partial charge in [0.2, 0.25) is 10.0 Å². The Kier molecular flexibility index (Phi) is 4.92. The van der Waals surface area contributed by atoms with Crippen LogP contribution in [0.15, 0.2) is 47.4 Å². The summed E-state index contributed by atoms with van der Waals surface area (Å²) in [5.74, 6) is 1.75. The zero-order chi connectivity index (χ0) is 17.0. The van der Waals surface area contributed by atoms with Gasteiger partial charge in [-0.3, -0.25) is 0 Å². The van der Waals surface area contributed by atoms with Gasteiger partial charge < -0.3 is 14.2 Å². The summed E-state index contributed by atoms with van der Waals surface area (Å²) in [6.07, 6.45) is 0. The third-order valence-electron chi connectivity index (χ3n) is 3.57. The number of hydrogen-bond donors (Lipinski definition) is 1. The number of benzene rings is 2. The van der Waals surface area contributed by atoms with Crippen LogP contribution in [0.5, 0.6) is 17.2 Å². The van der Waals surface area contributed by atoms with E-state index in [-0.39, 0.29) is 18.0 Å². The first-order chi connectivity index (χ1) is 11.6. The topological polar surface area (TPSA) is 73.9 Å². The molecule has 1 aliphatic rings. The molecule has 0 saturated carbocycles. The average molecular weight is 349 g/mol. The van der Waals surface area contributed by atoms with Gasteiger partial charge in [0.05, 0.1) is 4.90 Å². The number of sulfonamides is 1. The number of aryl methyl sites for hydroxylation is 1. The first-order valence-electron chi connectivity index (χ1n) is 7.64. The van der Waals surface area contributed by atoms with Gasteiger partial charge in [-0.15, -0.1) is 0 Å². The summed E-state index contributed by atoms with van der Waals surface area (Å²) in [5.41, 5.74) is 1.01. The van der Waals surface area contributed by atoms with E-state index in [2.05, 4.69) is 4.72 Å². The SMILES string of the molecule is Cc1ccccc1OCCNS(=O)(=O)c1ccc2c(c1)OCCO2. The van der Waals surface area contributed by atoms with Crippen LogP contribution >= 0.6 is 0 Å². The van der Waals surface area contributed by atoms with Crippen molar-refractivity contribution in [2.75, 3.05) is 26.4 Å². The molecule has 0 aromatic heterocycles. The van der Waals surface area contributed by atoms with E-state index in [4.69, 9.17) is 14.2 Å². The Bertz CT molecular complexity index is 819. The Morgan fingerprint density at radius 2 is 1.83 bits per heavy atom. The van der Waals surface area contributed by atoms with Crippen molar-refractivity contribution in [1.29, 1.82) is 0 Å². The van der Waals surface area contributed by atoms with Crippen molar-refractivity contribution in [2.24, 2.45) is 0 Å². The highest BCUT2D eigenvalue weighted by Crippen LogP contribution is 2.32. The second kappa shape index (κ2) is 7.11. The Hall–Kier alpha value is -2.25. The van der Waals surface area contributed by atoms with Gasteiger partial charge in [-0.1, -0.05) is 18.2 Å². The second-order valence-electron chi connectivity index (χ2n) is 5.32. The van der Waals surface area contributed by atoms with Gasteiger partial charge in [-0.2, -0.15) is 0 Å². The standard InChI is InChI=1S/C17H19NO5S/c1-13-4-2-3-5-15(13)21-9-8-18-24(19,20)14-6-7-16-17(12-14)23-11-10-22-16/h2-7,12,18H,8-11H2,1H3. The van der Waals surface area contributed by atoms with Gasteiger partial charge in [-0.05, 0) is 30.7 Å². The lowest BCUT2D eigenvalue weighted by molar-refractivity contribution is 0.171. The molecule has 0 saturated heterocycles. The molecule has 0 bridgehead atoms. The van der Waals surface area contributed by atoms with Crippen LogP contribution in [0.2, 0.25) is 0 Å². The van der Waals surface area contributed by atoms with Crippen molar-refractivity contribution in [3.63, 3.8) is 0 Å². The monoisotopic (exact) mass is 349 g/mol. The predicted octanol–water partition coefficient (Wildman–Crippen LogP) is 2.12. The molecule has 1 heterocycles.